The first-order valence-electron chi connectivity index (χ1n) is 7.21. The summed E-state index contributed by atoms with van der Waals surface area (Å²) in [7, 11) is 0. The fraction of sp³-hybridized carbons (Fsp3) is 0.500. The fourth-order valence-electron chi connectivity index (χ4n) is 2.00. The Morgan fingerprint density at radius 2 is 1.81 bits per heavy atom. The number of hydrogen-bond donors (Lipinski definition) is 2. The van der Waals surface area contributed by atoms with Crippen LogP contribution in [0.5, 0.6) is 0 Å². The van der Waals surface area contributed by atoms with Crippen molar-refractivity contribution in [3.8, 4) is 0 Å². The third kappa shape index (κ3) is 6.68. The third-order valence-corrected chi connectivity index (χ3v) is 3.64. The topological polar surface area (TPSA) is 36.0 Å². The number of alkyl halides is 2. The van der Waals surface area contributed by atoms with Crippen molar-refractivity contribution < 1.29 is 9.50 Å². The van der Waals surface area contributed by atoms with Gasteiger partial charge in [0, 0.05) is 35.5 Å². The van der Waals surface area contributed by atoms with E-state index in [9.17, 15) is 4.39 Å². The minimum Gasteiger partial charge on any atom is -0.396 e. The molecule has 21 heavy (non-hydrogen) atoms. The van der Waals surface area contributed by atoms with Gasteiger partial charge in [0.25, 0.3) is 0 Å². The summed E-state index contributed by atoms with van der Waals surface area (Å²) in [6.45, 7) is 0.302. The zero-order valence-electron chi connectivity index (χ0n) is 12.0. The Morgan fingerprint density at radius 1 is 1.05 bits per heavy atom. The Bertz CT molecular complexity index is 512. The maximum absolute atomic E-state index is 13.0. The van der Waals surface area contributed by atoms with Crippen molar-refractivity contribution in [1.29, 1.82) is 0 Å². The number of unbranched alkanes of at least 4 members (excludes halogenated alkanes) is 2. The average Bonchev–Trinajstić information content (AvgIpc) is 2.88. The van der Waals surface area contributed by atoms with Crippen LogP contribution in [0.15, 0.2) is 24.4 Å². The number of hydrogen-bond acceptors (Lipinski definition) is 1. The lowest BCUT2D eigenvalue weighted by molar-refractivity contribution is 0.284. The summed E-state index contributed by atoms with van der Waals surface area (Å²) in [6, 6.07) is 4.79. The molecule has 2 nitrogen and oxygen atoms in total. The largest absolute Gasteiger partial charge is 0.396 e. The van der Waals surface area contributed by atoms with Crippen molar-refractivity contribution in [3.63, 3.8) is 0 Å². The van der Waals surface area contributed by atoms with Crippen molar-refractivity contribution in [2.45, 2.75) is 32.1 Å². The summed E-state index contributed by atoms with van der Waals surface area (Å²) in [4.78, 5) is 3.11. The van der Waals surface area contributed by atoms with Crippen molar-refractivity contribution >= 4 is 34.1 Å². The summed E-state index contributed by atoms with van der Waals surface area (Å²) in [6.07, 6.45) is 6.73. The third-order valence-electron chi connectivity index (χ3n) is 3.10. The number of H-pyrrole nitrogens is 1. The monoisotopic (exact) mass is 333 g/mol. The lowest BCUT2D eigenvalue weighted by Gasteiger charge is -1.96. The number of aryl methyl sites for hydroxylation is 1. The van der Waals surface area contributed by atoms with Gasteiger partial charge in [-0.2, -0.15) is 0 Å². The predicted molar refractivity (Wildman–Crippen MR) is 89.0 cm³/mol. The quantitative estimate of drug-likeness (QED) is 0.550. The second-order valence-corrected chi connectivity index (χ2v) is 5.53. The molecule has 0 radical (unpaired) electrons. The van der Waals surface area contributed by atoms with E-state index in [1.165, 1.54) is 6.07 Å². The van der Waals surface area contributed by atoms with E-state index >= 15 is 0 Å². The maximum atomic E-state index is 13.0. The average molecular weight is 334 g/mol. The number of rotatable bonds is 7. The molecule has 1 aromatic heterocycles. The Kier molecular flexibility index (Phi) is 9.48. The first kappa shape index (κ1) is 18.3. The SMILES string of the molecule is Fc1ccc2[nH]cc(CCCCl)c2c1.OCCCCCCl. The molecule has 1 aromatic carbocycles. The van der Waals surface area contributed by atoms with Crippen LogP contribution in [0.25, 0.3) is 10.9 Å². The van der Waals surface area contributed by atoms with E-state index in [1.807, 2.05) is 6.20 Å². The first-order chi connectivity index (χ1) is 10.2. The number of fused-ring (bicyclic) bond motifs is 1. The molecule has 0 saturated carbocycles. The molecule has 0 spiro atoms. The summed E-state index contributed by atoms with van der Waals surface area (Å²) in [5.74, 6) is 1.17. The van der Waals surface area contributed by atoms with E-state index in [2.05, 4.69) is 4.98 Å². The van der Waals surface area contributed by atoms with Gasteiger partial charge in [-0.3, -0.25) is 0 Å². The summed E-state index contributed by atoms with van der Waals surface area (Å²) in [5, 5.41) is 9.22. The number of aromatic nitrogens is 1. The molecule has 0 aliphatic rings. The molecule has 0 unspecified atom stereocenters. The normalized spacial score (nSPS) is 10.5. The Hall–Kier alpha value is -0.770. The molecule has 5 heteroatoms. The molecule has 0 atom stereocenters. The summed E-state index contributed by atoms with van der Waals surface area (Å²) in [5.41, 5.74) is 2.12. The van der Waals surface area contributed by atoms with Crippen LogP contribution in [0, 0.1) is 5.82 Å². The van der Waals surface area contributed by atoms with E-state index in [0.717, 1.165) is 54.5 Å². The van der Waals surface area contributed by atoms with Gasteiger partial charge < -0.3 is 10.1 Å². The zero-order valence-corrected chi connectivity index (χ0v) is 13.6. The molecule has 2 rings (SSSR count). The molecular weight excluding hydrogens is 312 g/mol. The molecule has 0 saturated heterocycles. The fourth-order valence-corrected chi connectivity index (χ4v) is 2.32. The van der Waals surface area contributed by atoms with Crippen LogP contribution in [0.2, 0.25) is 0 Å². The van der Waals surface area contributed by atoms with E-state index in [0.29, 0.717) is 12.5 Å². The highest BCUT2D eigenvalue weighted by molar-refractivity contribution is 6.18. The van der Waals surface area contributed by atoms with Gasteiger partial charge in [0.15, 0.2) is 0 Å². The lowest BCUT2D eigenvalue weighted by Crippen LogP contribution is -1.84. The number of halogens is 3. The molecule has 1 heterocycles. The number of aromatic amines is 1. The van der Waals surface area contributed by atoms with Gasteiger partial charge in [0.1, 0.15) is 5.82 Å². The standard InChI is InChI=1S/C11H11ClFN.C5H11ClO/c12-5-1-2-8-7-14-11-4-3-9(13)6-10(8)11;6-4-2-1-3-5-7/h3-4,6-7,14H,1-2,5H2;7H,1-5H2. The van der Waals surface area contributed by atoms with Crippen molar-refractivity contribution in [2.24, 2.45) is 0 Å². The second-order valence-electron chi connectivity index (χ2n) is 4.77. The molecule has 0 bridgehead atoms. The molecule has 0 aliphatic heterocycles. The molecule has 0 fully saturated rings. The van der Waals surface area contributed by atoms with Gasteiger partial charge in [-0.15, -0.1) is 23.2 Å². The minimum atomic E-state index is -0.191. The number of nitrogens with one attached hydrogen (secondary N) is 1. The molecule has 2 aromatic rings. The van der Waals surface area contributed by atoms with Crippen LogP contribution in [0.3, 0.4) is 0 Å². The molecule has 2 N–H and O–H groups in total. The van der Waals surface area contributed by atoms with Crippen LogP contribution < -0.4 is 0 Å². The number of aliphatic hydroxyl groups excluding tert-OH is 1. The van der Waals surface area contributed by atoms with Crippen molar-refractivity contribution in [2.75, 3.05) is 18.4 Å². The second kappa shape index (κ2) is 10.9. The van der Waals surface area contributed by atoms with Crippen LogP contribution >= 0.6 is 23.2 Å². The lowest BCUT2D eigenvalue weighted by atomic mass is 10.1. The van der Waals surface area contributed by atoms with Crippen molar-refractivity contribution in [1.82, 2.24) is 4.98 Å². The first-order valence-corrected chi connectivity index (χ1v) is 8.28. The Labute approximate surface area is 135 Å². The number of aliphatic hydroxyl groups is 1. The van der Waals surface area contributed by atoms with Crippen LogP contribution in [0.4, 0.5) is 4.39 Å². The minimum absolute atomic E-state index is 0.191. The molecule has 0 amide bonds. The molecule has 118 valence electrons. The van der Waals surface area contributed by atoms with Crippen LogP contribution in [-0.2, 0) is 6.42 Å². The van der Waals surface area contributed by atoms with Crippen LogP contribution in [-0.4, -0.2) is 28.5 Å². The van der Waals surface area contributed by atoms with Gasteiger partial charge >= 0.3 is 0 Å². The number of benzene rings is 1. The molecular formula is C16H22Cl2FNO. The van der Waals surface area contributed by atoms with E-state index in [1.54, 1.807) is 12.1 Å². The van der Waals surface area contributed by atoms with Gasteiger partial charge in [-0.25, -0.2) is 4.39 Å². The summed E-state index contributed by atoms with van der Waals surface area (Å²) < 4.78 is 13.0. The Morgan fingerprint density at radius 3 is 2.48 bits per heavy atom. The Balaban J connectivity index is 0.000000270. The maximum Gasteiger partial charge on any atom is 0.123 e. The van der Waals surface area contributed by atoms with E-state index < -0.39 is 0 Å². The van der Waals surface area contributed by atoms with E-state index in [-0.39, 0.29) is 5.82 Å². The van der Waals surface area contributed by atoms with Crippen LogP contribution in [0.1, 0.15) is 31.2 Å². The van der Waals surface area contributed by atoms with Gasteiger partial charge in [0.2, 0.25) is 0 Å². The van der Waals surface area contributed by atoms with Gasteiger partial charge in [-0.1, -0.05) is 0 Å². The highest BCUT2D eigenvalue weighted by Crippen LogP contribution is 2.20. The van der Waals surface area contributed by atoms with Gasteiger partial charge in [0.05, 0.1) is 0 Å². The predicted octanol–water partition coefficient (Wildman–Crippen LogP) is 4.87. The van der Waals surface area contributed by atoms with Gasteiger partial charge in [-0.05, 0) is 55.9 Å². The van der Waals surface area contributed by atoms with E-state index in [4.69, 9.17) is 28.3 Å². The van der Waals surface area contributed by atoms with Crippen molar-refractivity contribution in [3.05, 3.63) is 35.8 Å². The smallest absolute Gasteiger partial charge is 0.123 e. The summed E-state index contributed by atoms with van der Waals surface area (Å²) >= 11 is 11.0. The highest BCUT2D eigenvalue weighted by atomic mass is 35.5. The highest BCUT2D eigenvalue weighted by Gasteiger charge is 2.03. The molecule has 0 aliphatic carbocycles. The zero-order chi connectivity index (χ0) is 15.5.